The van der Waals surface area contributed by atoms with Crippen molar-refractivity contribution < 1.29 is 9.53 Å². The number of carbonyl (C=O) groups is 1. The molecule has 3 heterocycles. The Kier molecular flexibility index (Phi) is 4.48. The smallest absolute Gasteiger partial charge is 0.211 e. The number of aromatic nitrogens is 4. The molecule has 1 atom stereocenters. The lowest BCUT2D eigenvalue weighted by atomic mass is 10.1. The molecule has 24 heavy (non-hydrogen) atoms. The molecule has 126 valence electrons. The Morgan fingerprint density at radius 2 is 2.17 bits per heavy atom. The number of rotatable bonds is 7. The SMILES string of the molecule is CCOC(C)n1cc(-c2c(NC=O)cnn3c(NC)ccc23)cn1. The van der Waals surface area contributed by atoms with Crippen molar-refractivity contribution in [2.45, 2.75) is 20.1 Å². The molecule has 0 fully saturated rings. The van der Waals surface area contributed by atoms with Gasteiger partial charge in [-0.25, -0.2) is 9.20 Å². The highest BCUT2D eigenvalue weighted by Gasteiger charge is 2.16. The molecule has 3 rings (SSSR count). The minimum atomic E-state index is -0.163. The Morgan fingerprint density at radius 1 is 1.33 bits per heavy atom. The van der Waals surface area contributed by atoms with Gasteiger partial charge >= 0.3 is 0 Å². The van der Waals surface area contributed by atoms with Gasteiger partial charge in [0, 0.05) is 31.0 Å². The molecule has 0 aliphatic heterocycles. The zero-order valence-corrected chi connectivity index (χ0v) is 13.9. The van der Waals surface area contributed by atoms with Crippen LogP contribution >= 0.6 is 0 Å². The maximum Gasteiger partial charge on any atom is 0.211 e. The molecule has 8 nitrogen and oxygen atoms in total. The highest BCUT2D eigenvalue weighted by Crippen LogP contribution is 2.33. The van der Waals surface area contributed by atoms with Gasteiger partial charge in [-0.05, 0) is 26.0 Å². The van der Waals surface area contributed by atoms with Gasteiger partial charge < -0.3 is 15.4 Å². The van der Waals surface area contributed by atoms with Crippen LogP contribution in [0.1, 0.15) is 20.1 Å². The van der Waals surface area contributed by atoms with Crippen LogP contribution in [0, 0.1) is 0 Å². The Bertz CT molecular complexity index is 853. The molecular weight excluding hydrogens is 308 g/mol. The fraction of sp³-hybridized carbons (Fsp3) is 0.312. The summed E-state index contributed by atoms with van der Waals surface area (Å²) in [5, 5.41) is 14.5. The van der Waals surface area contributed by atoms with E-state index in [1.54, 1.807) is 21.6 Å². The molecule has 8 heteroatoms. The first-order valence-electron chi connectivity index (χ1n) is 7.74. The van der Waals surface area contributed by atoms with E-state index in [0.717, 1.165) is 22.5 Å². The van der Waals surface area contributed by atoms with Crippen molar-refractivity contribution in [3.05, 3.63) is 30.7 Å². The first kappa shape index (κ1) is 16.0. The normalized spacial score (nSPS) is 12.3. The molecule has 1 unspecified atom stereocenters. The highest BCUT2D eigenvalue weighted by molar-refractivity contribution is 5.94. The van der Waals surface area contributed by atoms with Crippen LogP contribution in [-0.2, 0) is 9.53 Å². The van der Waals surface area contributed by atoms with E-state index in [0.29, 0.717) is 18.7 Å². The van der Waals surface area contributed by atoms with Crippen LogP contribution in [0.5, 0.6) is 0 Å². The molecule has 3 aromatic rings. The standard InChI is InChI=1S/C16H20N6O2/c1-4-24-11(2)21-9-12(7-19-21)16-13(18-10-23)8-20-22-14(16)5-6-15(22)17-3/h5-11,17H,4H2,1-3H3,(H,18,23). The van der Waals surface area contributed by atoms with Crippen LogP contribution < -0.4 is 10.6 Å². The molecule has 3 aromatic heterocycles. The predicted octanol–water partition coefficient (Wildman–Crippen LogP) is 2.36. The molecule has 0 radical (unpaired) electrons. The summed E-state index contributed by atoms with van der Waals surface area (Å²) in [6.07, 6.45) is 5.77. The Morgan fingerprint density at radius 3 is 2.88 bits per heavy atom. The summed E-state index contributed by atoms with van der Waals surface area (Å²) < 4.78 is 9.10. The van der Waals surface area contributed by atoms with Crippen LogP contribution in [0.4, 0.5) is 11.5 Å². The van der Waals surface area contributed by atoms with E-state index in [1.165, 1.54) is 0 Å². The summed E-state index contributed by atoms with van der Waals surface area (Å²) >= 11 is 0. The van der Waals surface area contributed by atoms with Crippen molar-refractivity contribution in [2.24, 2.45) is 0 Å². The molecule has 0 spiro atoms. The van der Waals surface area contributed by atoms with Gasteiger partial charge in [0.2, 0.25) is 6.41 Å². The van der Waals surface area contributed by atoms with Gasteiger partial charge in [0.05, 0.1) is 23.6 Å². The topological polar surface area (TPSA) is 85.5 Å². The maximum absolute atomic E-state index is 11.0. The maximum atomic E-state index is 11.0. The minimum Gasteiger partial charge on any atom is -0.373 e. The summed E-state index contributed by atoms with van der Waals surface area (Å²) in [5.74, 6) is 0.860. The summed E-state index contributed by atoms with van der Waals surface area (Å²) in [6.45, 7) is 4.49. The number of nitrogens with zero attached hydrogens (tertiary/aromatic N) is 4. The third-order valence-electron chi connectivity index (χ3n) is 3.82. The first-order chi connectivity index (χ1) is 11.7. The Hall–Kier alpha value is -2.87. The van der Waals surface area contributed by atoms with Gasteiger partial charge in [0.1, 0.15) is 12.0 Å². The molecule has 0 bridgehead atoms. The van der Waals surface area contributed by atoms with Gasteiger partial charge in [-0.3, -0.25) is 4.79 Å². The highest BCUT2D eigenvalue weighted by atomic mass is 16.5. The van der Waals surface area contributed by atoms with E-state index in [1.807, 2.05) is 39.2 Å². The predicted molar refractivity (Wildman–Crippen MR) is 92.0 cm³/mol. The van der Waals surface area contributed by atoms with E-state index >= 15 is 0 Å². The number of carbonyl (C=O) groups excluding carboxylic acids is 1. The van der Waals surface area contributed by atoms with Crippen LogP contribution in [0.2, 0.25) is 0 Å². The number of amides is 1. The summed E-state index contributed by atoms with van der Waals surface area (Å²) in [4.78, 5) is 11.0. The average molecular weight is 328 g/mol. The number of nitrogens with one attached hydrogen (secondary N) is 2. The van der Waals surface area contributed by atoms with Gasteiger partial charge in [0.25, 0.3) is 0 Å². The Balaban J connectivity index is 2.14. The second kappa shape index (κ2) is 6.71. The molecular formula is C16H20N6O2. The number of ether oxygens (including phenoxy) is 1. The van der Waals surface area contributed by atoms with Gasteiger partial charge in [-0.1, -0.05) is 0 Å². The fourth-order valence-corrected chi connectivity index (χ4v) is 2.71. The van der Waals surface area contributed by atoms with Gasteiger partial charge in [0.15, 0.2) is 0 Å². The number of hydrogen-bond acceptors (Lipinski definition) is 5. The van der Waals surface area contributed by atoms with Gasteiger partial charge in [-0.2, -0.15) is 10.2 Å². The molecule has 0 saturated heterocycles. The quantitative estimate of drug-likeness (QED) is 0.650. The van der Waals surface area contributed by atoms with Crippen molar-refractivity contribution in [3.63, 3.8) is 0 Å². The summed E-state index contributed by atoms with van der Waals surface area (Å²) in [7, 11) is 1.84. The average Bonchev–Trinajstić information content (AvgIpc) is 3.22. The molecule has 0 saturated carbocycles. The lowest BCUT2D eigenvalue weighted by Crippen LogP contribution is -2.09. The number of anilines is 2. The summed E-state index contributed by atoms with van der Waals surface area (Å²) in [5.41, 5.74) is 3.23. The third kappa shape index (κ3) is 2.71. The summed E-state index contributed by atoms with van der Waals surface area (Å²) in [6, 6.07) is 3.89. The lowest BCUT2D eigenvalue weighted by molar-refractivity contribution is -0.105. The zero-order valence-electron chi connectivity index (χ0n) is 13.9. The van der Waals surface area contributed by atoms with Gasteiger partial charge in [-0.15, -0.1) is 0 Å². The van der Waals surface area contributed by atoms with Crippen molar-refractivity contribution in [2.75, 3.05) is 24.3 Å². The number of hydrogen-bond donors (Lipinski definition) is 2. The van der Waals surface area contributed by atoms with E-state index in [-0.39, 0.29) is 6.23 Å². The second-order valence-corrected chi connectivity index (χ2v) is 5.22. The molecule has 0 aliphatic rings. The molecule has 0 aromatic carbocycles. The molecule has 1 amide bonds. The van der Waals surface area contributed by atoms with Crippen molar-refractivity contribution in [3.8, 4) is 11.1 Å². The van der Waals surface area contributed by atoms with E-state index < -0.39 is 0 Å². The molecule has 0 aliphatic carbocycles. The first-order valence-corrected chi connectivity index (χ1v) is 7.74. The lowest BCUT2D eigenvalue weighted by Gasteiger charge is -2.12. The largest absolute Gasteiger partial charge is 0.373 e. The van der Waals surface area contributed by atoms with Crippen LogP contribution in [0.3, 0.4) is 0 Å². The molecule has 2 N–H and O–H groups in total. The number of fused-ring (bicyclic) bond motifs is 1. The second-order valence-electron chi connectivity index (χ2n) is 5.22. The fourth-order valence-electron chi connectivity index (χ4n) is 2.71. The van der Waals surface area contributed by atoms with E-state index in [2.05, 4.69) is 20.8 Å². The van der Waals surface area contributed by atoms with Crippen molar-refractivity contribution >= 4 is 23.4 Å². The van der Waals surface area contributed by atoms with Crippen LogP contribution in [0.15, 0.2) is 30.7 Å². The van der Waals surface area contributed by atoms with E-state index in [9.17, 15) is 4.79 Å². The van der Waals surface area contributed by atoms with E-state index in [4.69, 9.17) is 4.74 Å². The van der Waals surface area contributed by atoms with Crippen LogP contribution in [0.25, 0.3) is 16.6 Å². The monoisotopic (exact) mass is 328 g/mol. The third-order valence-corrected chi connectivity index (χ3v) is 3.82. The van der Waals surface area contributed by atoms with Crippen molar-refractivity contribution in [1.82, 2.24) is 19.4 Å². The van der Waals surface area contributed by atoms with Crippen molar-refractivity contribution in [1.29, 1.82) is 0 Å². The zero-order chi connectivity index (χ0) is 17.1. The minimum absolute atomic E-state index is 0.163. The van der Waals surface area contributed by atoms with Crippen LogP contribution in [-0.4, -0.2) is 39.5 Å². The Labute approximate surface area is 139 Å².